The van der Waals surface area contributed by atoms with Gasteiger partial charge in [-0.3, -0.25) is 4.79 Å². The molecule has 0 aromatic rings. The van der Waals surface area contributed by atoms with Gasteiger partial charge in [-0.05, 0) is 19.4 Å². The maximum atomic E-state index is 11.4. The van der Waals surface area contributed by atoms with Crippen molar-refractivity contribution < 1.29 is 4.79 Å². The first-order chi connectivity index (χ1) is 6.74. The van der Waals surface area contributed by atoms with Crippen LogP contribution in [0.4, 0.5) is 0 Å². The lowest BCUT2D eigenvalue weighted by atomic mass is 10.0. The summed E-state index contributed by atoms with van der Waals surface area (Å²) in [5.41, 5.74) is 0. The van der Waals surface area contributed by atoms with Crippen molar-refractivity contribution in [2.24, 2.45) is 0 Å². The fourth-order valence-corrected chi connectivity index (χ4v) is 3.41. The predicted octanol–water partition coefficient (Wildman–Crippen LogP) is 1.05. The molecule has 0 atom stereocenters. The molecule has 2 aliphatic rings. The van der Waals surface area contributed by atoms with Gasteiger partial charge < -0.3 is 10.2 Å². The van der Waals surface area contributed by atoms with Crippen molar-refractivity contribution in [2.45, 2.75) is 31.1 Å². The van der Waals surface area contributed by atoms with Crippen molar-refractivity contribution >= 4 is 16.9 Å². The van der Waals surface area contributed by atoms with Gasteiger partial charge in [-0.2, -0.15) is 0 Å². The van der Waals surface area contributed by atoms with Crippen molar-refractivity contribution in [3.63, 3.8) is 0 Å². The molecular weight excluding hydrogens is 196 g/mol. The average molecular weight is 214 g/mol. The molecule has 14 heavy (non-hydrogen) atoms. The molecule has 2 saturated heterocycles. The van der Waals surface area contributed by atoms with Gasteiger partial charge in [0.1, 0.15) is 0 Å². The third-order valence-electron chi connectivity index (χ3n) is 3.20. The van der Waals surface area contributed by atoms with Crippen LogP contribution in [0.1, 0.15) is 26.2 Å². The van der Waals surface area contributed by atoms with Gasteiger partial charge in [0.05, 0.1) is 4.87 Å². The summed E-state index contributed by atoms with van der Waals surface area (Å²) in [5, 5.41) is 3.89. The third kappa shape index (κ3) is 2.12. The Labute approximate surface area is 89.6 Å². The Hall–Kier alpha value is -0.0600. The molecule has 0 saturated carbocycles. The van der Waals surface area contributed by atoms with E-state index in [0.29, 0.717) is 11.5 Å². The van der Waals surface area contributed by atoms with Crippen molar-refractivity contribution in [1.29, 1.82) is 0 Å². The van der Waals surface area contributed by atoms with Crippen LogP contribution in [0.25, 0.3) is 0 Å². The SMILES string of the molecule is CCN1CCC2(CC1)NCCC(=O)S2. The van der Waals surface area contributed by atoms with Gasteiger partial charge in [0.25, 0.3) is 0 Å². The largest absolute Gasteiger partial charge is 0.303 e. The first kappa shape index (κ1) is 10.5. The van der Waals surface area contributed by atoms with E-state index in [0.717, 1.165) is 39.0 Å². The van der Waals surface area contributed by atoms with E-state index in [1.807, 2.05) is 0 Å². The Balaban J connectivity index is 1.94. The predicted molar refractivity (Wildman–Crippen MR) is 59.3 cm³/mol. The second kappa shape index (κ2) is 4.21. The van der Waals surface area contributed by atoms with E-state index < -0.39 is 0 Å². The van der Waals surface area contributed by atoms with E-state index in [9.17, 15) is 4.79 Å². The highest BCUT2D eigenvalue weighted by Gasteiger charge is 2.38. The number of likely N-dealkylation sites (tertiary alicyclic amines) is 1. The molecule has 0 aromatic heterocycles. The standard InChI is InChI=1S/C10H18N2OS/c1-2-12-7-4-10(5-8-12)11-6-3-9(13)14-10/h11H,2-8H2,1H3. The lowest BCUT2D eigenvalue weighted by molar-refractivity contribution is -0.111. The molecule has 3 nitrogen and oxygen atoms in total. The zero-order chi connectivity index (χ0) is 10.0. The number of carbonyl (C=O) groups is 1. The Morgan fingerprint density at radius 3 is 2.79 bits per heavy atom. The zero-order valence-electron chi connectivity index (χ0n) is 8.71. The lowest BCUT2D eigenvalue weighted by Crippen LogP contribution is -2.54. The minimum Gasteiger partial charge on any atom is -0.303 e. The summed E-state index contributed by atoms with van der Waals surface area (Å²) in [6, 6.07) is 0. The zero-order valence-corrected chi connectivity index (χ0v) is 9.53. The maximum absolute atomic E-state index is 11.4. The number of carbonyl (C=O) groups excluding carboxylic acids is 1. The van der Waals surface area contributed by atoms with Crippen molar-refractivity contribution in [2.75, 3.05) is 26.2 Å². The normalized spacial score (nSPS) is 28.2. The highest BCUT2D eigenvalue weighted by Crippen LogP contribution is 2.36. The number of thioether (sulfide) groups is 1. The second-order valence-electron chi connectivity index (χ2n) is 4.08. The highest BCUT2D eigenvalue weighted by atomic mass is 32.2. The topological polar surface area (TPSA) is 32.3 Å². The van der Waals surface area contributed by atoms with Gasteiger partial charge in [-0.15, -0.1) is 0 Å². The molecule has 0 bridgehead atoms. The molecule has 4 heteroatoms. The summed E-state index contributed by atoms with van der Waals surface area (Å²) >= 11 is 1.55. The van der Waals surface area contributed by atoms with Gasteiger partial charge >= 0.3 is 0 Å². The van der Waals surface area contributed by atoms with Crippen LogP contribution < -0.4 is 5.32 Å². The van der Waals surface area contributed by atoms with Crippen LogP contribution >= 0.6 is 11.8 Å². The van der Waals surface area contributed by atoms with Gasteiger partial charge in [0, 0.05) is 26.1 Å². The van der Waals surface area contributed by atoms with Crippen molar-refractivity contribution in [3.05, 3.63) is 0 Å². The quantitative estimate of drug-likeness (QED) is 0.707. The third-order valence-corrected chi connectivity index (χ3v) is 4.57. The van der Waals surface area contributed by atoms with Gasteiger partial charge in [-0.1, -0.05) is 18.7 Å². The van der Waals surface area contributed by atoms with Crippen LogP contribution in [-0.2, 0) is 4.79 Å². The molecule has 0 aromatic carbocycles. The molecule has 0 unspecified atom stereocenters. The first-order valence-electron chi connectivity index (χ1n) is 5.43. The van der Waals surface area contributed by atoms with E-state index in [4.69, 9.17) is 0 Å². The molecule has 2 rings (SSSR count). The van der Waals surface area contributed by atoms with E-state index in [2.05, 4.69) is 17.1 Å². The van der Waals surface area contributed by atoms with Gasteiger partial charge in [0.15, 0.2) is 5.12 Å². The molecular formula is C10H18N2OS. The monoisotopic (exact) mass is 214 g/mol. The van der Waals surface area contributed by atoms with E-state index in [-0.39, 0.29) is 4.87 Å². The summed E-state index contributed by atoms with van der Waals surface area (Å²) in [7, 11) is 0. The molecule has 1 N–H and O–H groups in total. The highest BCUT2D eigenvalue weighted by molar-refractivity contribution is 8.14. The van der Waals surface area contributed by atoms with Crippen molar-refractivity contribution in [1.82, 2.24) is 10.2 Å². The number of hydrogen-bond donors (Lipinski definition) is 1. The number of nitrogens with zero attached hydrogens (tertiary/aromatic N) is 1. The van der Waals surface area contributed by atoms with Crippen LogP contribution in [0.15, 0.2) is 0 Å². The van der Waals surface area contributed by atoms with Gasteiger partial charge in [-0.25, -0.2) is 0 Å². The number of rotatable bonds is 1. The van der Waals surface area contributed by atoms with E-state index in [1.165, 1.54) is 0 Å². The minimum atomic E-state index is 0.0843. The second-order valence-corrected chi connectivity index (χ2v) is 5.52. The smallest absolute Gasteiger partial charge is 0.192 e. The van der Waals surface area contributed by atoms with Crippen LogP contribution in [0.3, 0.4) is 0 Å². The molecule has 80 valence electrons. The van der Waals surface area contributed by atoms with Crippen LogP contribution in [-0.4, -0.2) is 41.1 Å². The summed E-state index contributed by atoms with van der Waals surface area (Å²) in [6.45, 7) is 6.46. The van der Waals surface area contributed by atoms with Crippen LogP contribution in [0.2, 0.25) is 0 Å². The Bertz CT molecular complexity index is 224. The summed E-state index contributed by atoms with van der Waals surface area (Å²) in [4.78, 5) is 13.9. The molecule has 2 heterocycles. The fraction of sp³-hybridized carbons (Fsp3) is 0.900. The minimum absolute atomic E-state index is 0.0843. The average Bonchev–Trinajstić information content (AvgIpc) is 2.19. The molecule has 0 aliphatic carbocycles. The summed E-state index contributed by atoms with van der Waals surface area (Å²) in [6.07, 6.45) is 2.92. The molecule has 1 spiro atoms. The molecule has 2 aliphatic heterocycles. The number of nitrogens with one attached hydrogen (secondary N) is 1. The number of hydrogen-bond acceptors (Lipinski definition) is 4. The maximum Gasteiger partial charge on any atom is 0.192 e. The summed E-state index contributed by atoms with van der Waals surface area (Å²) in [5.74, 6) is 0. The van der Waals surface area contributed by atoms with Crippen LogP contribution in [0, 0.1) is 0 Å². The lowest BCUT2D eigenvalue weighted by Gasteiger charge is -2.43. The first-order valence-corrected chi connectivity index (χ1v) is 6.25. The Morgan fingerprint density at radius 1 is 1.50 bits per heavy atom. The fourth-order valence-electron chi connectivity index (χ4n) is 2.21. The Kier molecular flexibility index (Phi) is 3.14. The molecule has 0 amide bonds. The molecule has 0 radical (unpaired) electrons. The Morgan fingerprint density at radius 2 is 2.21 bits per heavy atom. The van der Waals surface area contributed by atoms with Gasteiger partial charge in [0.2, 0.25) is 0 Å². The van der Waals surface area contributed by atoms with Crippen molar-refractivity contribution in [3.8, 4) is 0 Å². The van der Waals surface area contributed by atoms with E-state index in [1.54, 1.807) is 11.8 Å². The number of piperidine rings is 1. The summed E-state index contributed by atoms with van der Waals surface area (Å²) < 4.78 is 0. The molecule has 2 fully saturated rings. The van der Waals surface area contributed by atoms with Crippen LogP contribution in [0.5, 0.6) is 0 Å². The van der Waals surface area contributed by atoms with E-state index >= 15 is 0 Å².